The van der Waals surface area contributed by atoms with Crippen LogP contribution in [0.1, 0.15) is 13.0 Å². The van der Waals surface area contributed by atoms with Crippen LogP contribution in [0.15, 0.2) is 24.3 Å². The lowest BCUT2D eigenvalue weighted by molar-refractivity contribution is 0.253. The van der Waals surface area contributed by atoms with Crippen LogP contribution in [0.4, 0.5) is 5.82 Å². The van der Waals surface area contributed by atoms with E-state index >= 15 is 0 Å². The Morgan fingerprint density at radius 3 is 2.89 bits per heavy atom. The Hall–Kier alpha value is -1.99. The fraction of sp³-hybridized carbons (Fsp3) is 0.364. The lowest BCUT2D eigenvalue weighted by Gasteiger charge is -2.13. The van der Waals surface area contributed by atoms with Gasteiger partial charge in [0.2, 0.25) is 0 Å². The largest absolute Gasteiger partial charge is 0.394 e. The van der Waals surface area contributed by atoms with E-state index in [1.165, 1.54) is 6.33 Å². The van der Waals surface area contributed by atoms with Crippen LogP contribution in [0.5, 0.6) is 0 Å². The zero-order chi connectivity index (χ0) is 13.1. The molecule has 0 aliphatic carbocycles. The molecule has 2 aromatic rings. The molecular weight excluding hydrogens is 234 g/mol. The maximum absolute atomic E-state index is 9.42. The molecular formula is C11H15N5O2. The molecule has 0 aliphatic heterocycles. The zero-order valence-corrected chi connectivity index (χ0v) is 9.98. The number of fused-ring (bicyclic) bond motifs is 1. The lowest BCUT2D eigenvalue weighted by Crippen LogP contribution is -2.11. The summed E-state index contributed by atoms with van der Waals surface area (Å²) >= 11 is 0. The minimum absolute atomic E-state index is 0.0553. The van der Waals surface area contributed by atoms with E-state index in [9.17, 15) is 5.11 Å². The van der Waals surface area contributed by atoms with Crippen molar-refractivity contribution in [3.8, 4) is 0 Å². The molecule has 0 aromatic carbocycles. The van der Waals surface area contributed by atoms with Crippen molar-refractivity contribution in [2.75, 3.05) is 18.9 Å². The van der Waals surface area contributed by atoms with Crippen molar-refractivity contribution >= 4 is 17.0 Å². The minimum atomic E-state index is -0.337. The Labute approximate surface area is 104 Å². The number of aromatic nitrogens is 4. The Kier molecular flexibility index (Phi) is 3.54. The van der Waals surface area contributed by atoms with Gasteiger partial charge in [0.05, 0.1) is 25.6 Å². The van der Waals surface area contributed by atoms with E-state index in [0.29, 0.717) is 17.0 Å². The quantitative estimate of drug-likeness (QED) is 0.652. The van der Waals surface area contributed by atoms with Gasteiger partial charge in [-0.3, -0.25) is 0 Å². The maximum atomic E-state index is 9.42. The second-order valence-corrected chi connectivity index (χ2v) is 4.00. The molecule has 0 fully saturated rings. The SMILES string of the molecule is CC(=C[C@H](CO)n1cnc2c(N)ncnc21)CO. The highest BCUT2D eigenvalue weighted by Crippen LogP contribution is 2.20. The van der Waals surface area contributed by atoms with Crippen LogP contribution < -0.4 is 5.73 Å². The van der Waals surface area contributed by atoms with E-state index in [2.05, 4.69) is 15.0 Å². The number of nitrogens with two attached hydrogens (primary N) is 1. The third-order valence-corrected chi connectivity index (χ3v) is 2.66. The van der Waals surface area contributed by atoms with Gasteiger partial charge in [-0.25, -0.2) is 15.0 Å². The Morgan fingerprint density at radius 2 is 2.22 bits per heavy atom. The Bertz CT molecular complexity index is 578. The van der Waals surface area contributed by atoms with Crippen molar-refractivity contribution < 1.29 is 10.2 Å². The first kappa shape index (κ1) is 12.5. The monoisotopic (exact) mass is 249 g/mol. The van der Waals surface area contributed by atoms with E-state index < -0.39 is 0 Å². The number of anilines is 1. The van der Waals surface area contributed by atoms with Gasteiger partial charge >= 0.3 is 0 Å². The van der Waals surface area contributed by atoms with E-state index in [4.69, 9.17) is 10.8 Å². The highest BCUT2D eigenvalue weighted by atomic mass is 16.3. The summed E-state index contributed by atoms with van der Waals surface area (Å²) in [4.78, 5) is 12.1. The van der Waals surface area contributed by atoms with Gasteiger partial charge in [-0.2, -0.15) is 0 Å². The summed E-state index contributed by atoms with van der Waals surface area (Å²) in [5, 5.41) is 18.4. The van der Waals surface area contributed by atoms with Crippen molar-refractivity contribution in [3.63, 3.8) is 0 Å². The molecule has 7 heteroatoms. The van der Waals surface area contributed by atoms with Gasteiger partial charge in [0.25, 0.3) is 0 Å². The average Bonchev–Trinajstić information content (AvgIpc) is 2.81. The van der Waals surface area contributed by atoms with Crippen LogP contribution in [0.3, 0.4) is 0 Å². The number of aliphatic hydroxyl groups is 2. The van der Waals surface area contributed by atoms with E-state index in [1.54, 1.807) is 23.9 Å². The molecule has 2 aromatic heterocycles. The molecule has 4 N–H and O–H groups in total. The minimum Gasteiger partial charge on any atom is -0.394 e. The molecule has 0 amide bonds. The number of hydrogen-bond acceptors (Lipinski definition) is 6. The molecule has 0 saturated heterocycles. The molecule has 96 valence electrons. The third-order valence-electron chi connectivity index (χ3n) is 2.66. The molecule has 7 nitrogen and oxygen atoms in total. The van der Waals surface area contributed by atoms with Gasteiger partial charge < -0.3 is 20.5 Å². The fourth-order valence-corrected chi connectivity index (χ4v) is 1.71. The first-order chi connectivity index (χ1) is 8.67. The van der Waals surface area contributed by atoms with Crippen molar-refractivity contribution in [1.29, 1.82) is 0 Å². The smallest absolute Gasteiger partial charge is 0.166 e. The van der Waals surface area contributed by atoms with Gasteiger partial charge in [0.1, 0.15) is 11.8 Å². The molecule has 18 heavy (non-hydrogen) atoms. The summed E-state index contributed by atoms with van der Waals surface area (Å²) in [5.41, 5.74) is 7.52. The van der Waals surface area contributed by atoms with Gasteiger partial charge in [0, 0.05) is 0 Å². The van der Waals surface area contributed by atoms with Crippen LogP contribution in [0.2, 0.25) is 0 Å². The molecule has 0 spiro atoms. The Balaban J connectivity index is 2.49. The molecule has 2 rings (SSSR count). The van der Waals surface area contributed by atoms with Crippen LogP contribution in [0, 0.1) is 0 Å². The van der Waals surface area contributed by atoms with Crippen molar-refractivity contribution in [3.05, 3.63) is 24.3 Å². The summed E-state index contributed by atoms with van der Waals surface area (Å²) in [7, 11) is 0. The lowest BCUT2D eigenvalue weighted by atomic mass is 10.2. The zero-order valence-electron chi connectivity index (χ0n) is 9.98. The third kappa shape index (κ3) is 2.18. The standard InChI is InChI=1S/C11H15N5O2/c1-7(3-17)2-8(4-18)16-6-15-9-10(12)13-5-14-11(9)16/h2,5-6,8,17-18H,3-4H2,1H3,(H2,12,13,14)/t8-/m1/s1. The molecule has 0 aliphatic rings. The molecule has 0 radical (unpaired) electrons. The molecule has 0 unspecified atom stereocenters. The van der Waals surface area contributed by atoms with E-state index in [1.807, 2.05) is 0 Å². The van der Waals surface area contributed by atoms with Gasteiger partial charge in [-0.1, -0.05) is 6.08 Å². The Morgan fingerprint density at radius 1 is 1.44 bits per heavy atom. The number of aliphatic hydroxyl groups excluding tert-OH is 2. The highest BCUT2D eigenvalue weighted by Gasteiger charge is 2.14. The normalized spacial score (nSPS) is 14.1. The fourth-order valence-electron chi connectivity index (χ4n) is 1.71. The number of nitrogen functional groups attached to an aromatic ring is 1. The second kappa shape index (κ2) is 5.11. The number of imidazole rings is 1. The van der Waals surface area contributed by atoms with Crippen LogP contribution in [0.25, 0.3) is 11.2 Å². The highest BCUT2D eigenvalue weighted by molar-refractivity contribution is 5.81. The number of nitrogens with zero attached hydrogens (tertiary/aromatic N) is 4. The molecule has 0 bridgehead atoms. The molecule has 1 atom stereocenters. The van der Waals surface area contributed by atoms with Crippen molar-refractivity contribution in [1.82, 2.24) is 19.5 Å². The second-order valence-electron chi connectivity index (χ2n) is 4.00. The summed E-state index contributed by atoms with van der Waals surface area (Å²) in [5.74, 6) is 0.304. The van der Waals surface area contributed by atoms with Crippen LogP contribution in [-0.2, 0) is 0 Å². The summed E-state index contributed by atoms with van der Waals surface area (Å²) in [6.07, 6.45) is 4.67. The predicted molar refractivity (Wildman–Crippen MR) is 66.7 cm³/mol. The van der Waals surface area contributed by atoms with Crippen molar-refractivity contribution in [2.45, 2.75) is 13.0 Å². The topological polar surface area (TPSA) is 110 Å². The number of rotatable bonds is 4. The van der Waals surface area contributed by atoms with Crippen molar-refractivity contribution in [2.24, 2.45) is 0 Å². The summed E-state index contributed by atoms with van der Waals surface area (Å²) in [6, 6.07) is -0.337. The van der Waals surface area contributed by atoms with Gasteiger partial charge in [-0.15, -0.1) is 0 Å². The predicted octanol–water partition coefficient (Wildman–Crippen LogP) is -0.119. The number of hydrogen-bond donors (Lipinski definition) is 3. The average molecular weight is 249 g/mol. The molecule has 0 saturated carbocycles. The summed E-state index contributed by atoms with van der Waals surface area (Å²) in [6.45, 7) is 1.61. The van der Waals surface area contributed by atoms with Crippen LogP contribution >= 0.6 is 0 Å². The maximum Gasteiger partial charge on any atom is 0.166 e. The van der Waals surface area contributed by atoms with E-state index in [0.717, 1.165) is 5.57 Å². The van der Waals surface area contributed by atoms with Crippen LogP contribution in [-0.4, -0.2) is 42.9 Å². The van der Waals surface area contributed by atoms with Gasteiger partial charge in [0.15, 0.2) is 11.5 Å². The summed E-state index contributed by atoms with van der Waals surface area (Å²) < 4.78 is 1.70. The first-order valence-corrected chi connectivity index (χ1v) is 5.49. The first-order valence-electron chi connectivity index (χ1n) is 5.49. The van der Waals surface area contributed by atoms with E-state index in [-0.39, 0.29) is 19.3 Å². The van der Waals surface area contributed by atoms with Gasteiger partial charge in [-0.05, 0) is 12.5 Å². The molecule has 2 heterocycles.